The van der Waals surface area contributed by atoms with Gasteiger partial charge in [0.15, 0.2) is 0 Å². The van der Waals surface area contributed by atoms with Gasteiger partial charge >= 0.3 is 6.18 Å². The first kappa shape index (κ1) is 18.0. The van der Waals surface area contributed by atoms with Crippen LogP contribution < -0.4 is 10.6 Å². The molecule has 0 bridgehead atoms. The molecule has 2 aromatic heterocycles. The summed E-state index contributed by atoms with van der Waals surface area (Å²) in [5.41, 5.74) is 0.562. The van der Waals surface area contributed by atoms with Crippen molar-refractivity contribution in [3.8, 4) is 6.07 Å². The number of nitrogens with one attached hydrogen (secondary N) is 2. The number of anilines is 3. The van der Waals surface area contributed by atoms with E-state index in [1.807, 2.05) is 11.6 Å². The van der Waals surface area contributed by atoms with Crippen LogP contribution in [0.25, 0.3) is 0 Å². The minimum absolute atomic E-state index is 0.0565. The molecular formula is C16H18F3N7. The van der Waals surface area contributed by atoms with Crippen molar-refractivity contribution >= 4 is 17.5 Å². The van der Waals surface area contributed by atoms with Crippen LogP contribution in [0.2, 0.25) is 0 Å². The fourth-order valence-electron chi connectivity index (χ4n) is 3.07. The molecule has 1 saturated carbocycles. The summed E-state index contributed by atoms with van der Waals surface area (Å²) in [4.78, 5) is 7.65. The van der Waals surface area contributed by atoms with Gasteiger partial charge in [-0.25, -0.2) is 4.98 Å². The van der Waals surface area contributed by atoms with Gasteiger partial charge < -0.3 is 10.6 Å². The second kappa shape index (κ2) is 6.82. The van der Waals surface area contributed by atoms with Gasteiger partial charge in [0.2, 0.25) is 5.95 Å². The van der Waals surface area contributed by atoms with Crippen molar-refractivity contribution in [3.05, 3.63) is 23.7 Å². The summed E-state index contributed by atoms with van der Waals surface area (Å²) in [5.74, 6) is 0.167. The molecule has 2 N–H and O–H groups in total. The molecule has 0 radical (unpaired) electrons. The van der Waals surface area contributed by atoms with Gasteiger partial charge in [0.05, 0.1) is 29.7 Å². The van der Waals surface area contributed by atoms with Gasteiger partial charge in [-0.15, -0.1) is 0 Å². The minimum Gasteiger partial charge on any atom is -0.372 e. The van der Waals surface area contributed by atoms with Crippen molar-refractivity contribution in [2.75, 3.05) is 17.7 Å². The maximum atomic E-state index is 12.9. The molecule has 0 aromatic carbocycles. The molecule has 0 spiro atoms. The molecule has 10 heteroatoms. The van der Waals surface area contributed by atoms with E-state index >= 15 is 0 Å². The summed E-state index contributed by atoms with van der Waals surface area (Å²) < 4.78 is 40.6. The normalized spacial score (nSPS) is 19.5. The number of rotatable bonds is 5. The molecule has 0 atom stereocenters. The van der Waals surface area contributed by atoms with Crippen LogP contribution in [0, 0.1) is 24.2 Å². The van der Waals surface area contributed by atoms with E-state index in [2.05, 4.69) is 31.8 Å². The number of nitrogens with zero attached hydrogens (tertiary/aromatic N) is 5. The highest BCUT2D eigenvalue weighted by atomic mass is 19.4. The fraction of sp³-hybridized carbons (Fsp3) is 0.500. The smallest absolute Gasteiger partial charge is 0.372 e. The number of aromatic nitrogens is 4. The molecule has 26 heavy (non-hydrogen) atoms. The zero-order valence-corrected chi connectivity index (χ0v) is 14.3. The molecule has 1 aliphatic carbocycles. The third-order valence-electron chi connectivity index (χ3n) is 4.56. The SMILES string of the molecule is CNc1nc(Nc2cnn(C3CC(CC#N)C3)c2C)ncc1C(F)(F)F. The van der Waals surface area contributed by atoms with Crippen molar-refractivity contribution in [2.45, 2.75) is 38.4 Å². The Labute approximate surface area is 148 Å². The maximum absolute atomic E-state index is 12.9. The molecule has 2 aromatic rings. The molecule has 1 fully saturated rings. The molecule has 1 aliphatic rings. The van der Waals surface area contributed by atoms with Crippen LogP contribution in [0.5, 0.6) is 0 Å². The predicted octanol–water partition coefficient (Wildman–Crippen LogP) is 3.65. The van der Waals surface area contributed by atoms with Crippen LogP contribution in [0.4, 0.5) is 30.6 Å². The average molecular weight is 365 g/mol. The van der Waals surface area contributed by atoms with Gasteiger partial charge in [-0.1, -0.05) is 0 Å². The summed E-state index contributed by atoms with van der Waals surface area (Å²) in [5, 5.41) is 18.4. The standard InChI is InChI=1S/C16H18F3N7/c1-9-13(8-23-26(9)11-5-10(6-11)3-4-20)24-15-22-7-12(16(17,18)19)14(21-2)25-15/h7-8,10-11H,3,5-6H2,1-2H3,(H2,21,22,24,25). The van der Waals surface area contributed by atoms with Crippen molar-refractivity contribution in [3.63, 3.8) is 0 Å². The van der Waals surface area contributed by atoms with Crippen LogP contribution in [0.3, 0.4) is 0 Å². The quantitative estimate of drug-likeness (QED) is 0.840. The highest BCUT2D eigenvalue weighted by Crippen LogP contribution is 2.40. The van der Waals surface area contributed by atoms with Crippen molar-refractivity contribution < 1.29 is 13.2 Å². The third kappa shape index (κ3) is 3.42. The van der Waals surface area contributed by atoms with E-state index < -0.39 is 11.7 Å². The fourth-order valence-corrected chi connectivity index (χ4v) is 3.07. The summed E-state index contributed by atoms with van der Waals surface area (Å²) in [7, 11) is 1.37. The Morgan fingerprint density at radius 2 is 2.08 bits per heavy atom. The second-order valence-electron chi connectivity index (χ2n) is 6.27. The molecule has 3 rings (SSSR count). The van der Waals surface area contributed by atoms with Crippen LogP contribution in [-0.4, -0.2) is 26.8 Å². The van der Waals surface area contributed by atoms with Crippen LogP contribution >= 0.6 is 0 Å². The van der Waals surface area contributed by atoms with E-state index in [1.54, 1.807) is 6.20 Å². The van der Waals surface area contributed by atoms with Crippen LogP contribution in [-0.2, 0) is 6.18 Å². The lowest BCUT2D eigenvalue weighted by molar-refractivity contribution is -0.137. The molecule has 0 saturated heterocycles. The average Bonchev–Trinajstić information content (AvgIpc) is 2.90. The van der Waals surface area contributed by atoms with Gasteiger partial charge in [-0.3, -0.25) is 4.68 Å². The lowest BCUT2D eigenvalue weighted by Gasteiger charge is -2.34. The Bertz CT molecular complexity index is 831. The van der Waals surface area contributed by atoms with Gasteiger partial charge in [0.25, 0.3) is 0 Å². The molecular weight excluding hydrogens is 347 g/mol. The monoisotopic (exact) mass is 365 g/mol. The first-order valence-electron chi connectivity index (χ1n) is 8.13. The molecule has 138 valence electrons. The molecule has 2 heterocycles. The summed E-state index contributed by atoms with van der Waals surface area (Å²) in [6.45, 7) is 1.87. The first-order chi connectivity index (χ1) is 12.3. The molecule has 7 nitrogen and oxygen atoms in total. The minimum atomic E-state index is -4.53. The molecule has 0 aliphatic heterocycles. The Hall–Kier alpha value is -2.83. The van der Waals surface area contributed by atoms with E-state index in [-0.39, 0.29) is 17.8 Å². The van der Waals surface area contributed by atoms with Crippen molar-refractivity contribution in [2.24, 2.45) is 5.92 Å². The van der Waals surface area contributed by atoms with E-state index in [4.69, 9.17) is 5.26 Å². The van der Waals surface area contributed by atoms with Gasteiger partial charge in [-0.2, -0.15) is 28.5 Å². The highest BCUT2D eigenvalue weighted by molar-refractivity contribution is 5.58. The Balaban J connectivity index is 1.75. The Kier molecular flexibility index (Phi) is 4.71. The lowest BCUT2D eigenvalue weighted by atomic mass is 9.78. The van der Waals surface area contributed by atoms with Gasteiger partial charge in [0.1, 0.15) is 11.4 Å². The Morgan fingerprint density at radius 1 is 1.35 bits per heavy atom. The largest absolute Gasteiger partial charge is 0.421 e. The third-order valence-corrected chi connectivity index (χ3v) is 4.56. The number of hydrogen-bond acceptors (Lipinski definition) is 6. The van der Waals surface area contributed by atoms with Crippen LogP contribution in [0.1, 0.15) is 36.6 Å². The number of nitriles is 1. The number of alkyl halides is 3. The molecule has 0 unspecified atom stereocenters. The van der Waals surface area contributed by atoms with Gasteiger partial charge in [0, 0.05) is 19.7 Å². The number of hydrogen-bond donors (Lipinski definition) is 2. The summed E-state index contributed by atoms with van der Waals surface area (Å²) in [6.07, 6.45) is 0.175. The lowest BCUT2D eigenvalue weighted by Crippen LogP contribution is -2.28. The van der Waals surface area contributed by atoms with E-state index in [0.717, 1.165) is 24.7 Å². The van der Waals surface area contributed by atoms with E-state index in [9.17, 15) is 13.2 Å². The highest BCUT2D eigenvalue weighted by Gasteiger charge is 2.35. The summed E-state index contributed by atoms with van der Waals surface area (Å²) in [6, 6.07) is 2.42. The summed E-state index contributed by atoms with van der Waals surface area (Å²) >= 11 is 0. The topological polar surface area (TPSA) is 91.5 Å². The Morgan fingerprint density at radius 3 is 2.69 bits per heavy atom. The second-order valence-corrected chi connectivity index (χ2v) is 6.27. The van der Waals surface area contributed by atoms with Crippen molar-refractivity contribution in [1.29, 1.82) is 5.26 Å². The van der Waals surface area contributed by atoms with Gasteiger partial charge in [-0.05, 0) is 25.7 Å². The van der Waals surface area contributed by atoms with Crippen molar-refractivity contribution in [1.82, 2.24) is 19.7 Å². The predicted molar refractivity (Wildman–Crippen MR) is 88.8 cm³/mol. The van der Waals surface area contributed by atoms with E-state index in [0.29, 0.717) is 18.0 Å². The first-order valence-corrected chi connectivity index (χ1v) is 8.13. The zero-order valence-electron chi connectivity index (χ0n) is 14.3. The molecule has 0 amide bonds. The zero-order chi connectivity index (χ0) is 18.9. The van der Waals surface area contributed by atoms with Crippen LogP contribution in [0.15, 0.2) is 12.4 Å². The number of halogens is 3. The van der Waals surface area contributed by atoms with E-state index in [1.165, 1.54) is 7.05 Å². The maximum Gasteiger partial charge on any atom is 0.421 e.